The van der Waals surface area contributed by atoms with Crippen LogP contribution in [0.25, 0.3) is 0 Å². The van der Waals surface area contributed by atoms with Crippen molar-refractivity contribution in [3.05, 3.63) is 47.4 Å². The number of hydrogen-bond donors (Lipinski definition) is 0. The monoisotopic (exact) mass is 264 g/mol. The van der Waals surface area contributed by atoms with Gasteiger partial charge in [-0.3, -0.25) is 0 Å². The Labute approximate surface area is 118 Å². The topological polar surface area (TPSA) is 52.8 Å². The van der Waals surface area contributed by atoms with Crippen LogP contribution in [0.15, 0.2) is 30.6 Å². The molecule has 1 aromatic heterocycles. The van der Waals surface area contributed by atoms with Gasteiger partial charge in [-0.2, -0.15) is 5.26 Å². The van der Waals surface area contributed by atoms with Gasteiger partial charge in [0.25, 0.3) is 0 Å². The van der Waals surface area contributed by atoms with Gasteiger partial charge in [0.15, 0.2) is 0 Å². The predicted molar refractivity (Wildman–Crippen MR) is 77.9 cm³/mol. The number of rotatable bonds is 2. The normalized spacial score (nSPS) is 13.4. The van der Waals surface area contributed by atoms with Crippen molar-refractivity contribution in [2.45, 2.75) is 25.7 Å². The fraction of sp³-hybridized carbons (Fsp3) is 0.312. The number of aromatic nitrogens is 2. The van der Waals surface area contributed by atoms with Gasteiger partial charge in [-0.1, -0.05) is 6.07 Å². The van der Waals surface area contributed by atoms with Crippen LogP contribution >= 0.6 is 0 Å². The van der Waals surface area contributed by atoms with Crippen LogP contribution in [0.1, 0.15) is 29.7 Å². The Bertz CT molecular complexity index is 672. The summed E-state index contributed by atoms with van der Waals surface area (Å²) in [7, 11) is 1.97. The first-order chi connectivity index (χ1) is 9.78. The molecule has 0 saturated heterocycles. The van der Waals surface area contributed by atoms with E-state index in [1.165, 1.54) is 36.7 Å². The molecule has 0 saturated carbocycles. The van der Waals surface area contributed by atoms with Gasteiger partial charge in [-0.05, 0) is 48.9 Å². The minimum Gasteiger partial charge on any atom is -0.329 e. The zero-order valence-corrected chi connectivity index (χ0v) is 11.5. The summed E-state index contributed by atoms with van der Waals surface area (Å²) >= 11 is 0. The zero-order valence-electron chi connectivity index (χ0n) is 11.5. The van der Waals surface area contributed by atoms with Crippen molar-refractivity contribution >= 4 is 11.5 Å². The van der Waals surface area contributed by atoms with E-state index in [0.717, 1.165) is 17.9 Å². The van der Waals surface area contributed by atoms with Crippen LogP contribution in [-0.4, -0.2) is 17.0 Å². The van der Waals surface area contributed by atoms with E-state index >= 15 is 0 Å². The maximum Gasteiger partial charge on any atom is 0.145 e. The second-order valence-electron chi connectivity index (χ2n) is 5.09. The number of fused-ring (bicyclic) bond motifs is 1. The van der Waals surface area contributed by atoms with Crippen molar-refractivity contribution < 1.29 is 0 Å². The highest BCUT2D eigenvalue weighted by atomic mass is 15.2. The van der Waals surface area contributed by atoms with Crippen LogP contribution in [-0.2, 0) is 12.8 Å². The number of hydrogen-bond acceptors (Lipinski definition) is 4. The lowest BCUT2D eigenvalue weighted by molar-refractivity contribution is 0.685. The molecule has 1 aliphatic carbocycles. The first-order valence-electron chi connectivity index (χ1n) is 6.85. The van der Waals surface area contributed by atoms with E-state index < -0.39 is 0 Å². The number of anilines is 2. The summed E-state index contributed by atoms with van der Waals surface area (Å²) in [6.45, 7) is 0. The molecule has 0 aliphatic heterocycles. The number of benzene rings is 1. The van der Waals surface area contributed by atoms with E-state index in [9.17, 15) is 0 Å². The quantitative estimate of drug-likeness (QED) is 0.836. The molecule has 4 nitrogen and oxygen atoms in total. The van der Waals surface area contributed by atoms with Gasteiger partial charge in [-0.25, -0.2) is 9.97 Å². The summed E-state index contributed by atoms with van der Waals surface area (Å²) in [5, 5.41) is 8.91. The third kappa shape index (κ3) is 2.35. The van der Waals surface area contributed by atoms with Crippen LogP contribution in [0, 0.1) is 11.3 Å². The number of nitrogens with zero attached hydrogens (tertiary/aromatic N) is 4. The fourth-order valence-electron chi connectivity index (χ4n) is 2.65. The summed E-state index contributed by atoms with van der Waals surface area (Å²) in [6.07, 6.45) is 6.34. The standard InChI is InChI=1S/C16H16N4/c1-20(16-9-14(10-17)18-11-19-16)15-7-6-12-4-2-3-5-13(12)8-15/h6-9,11H,2-5H2,1H3. The van der Waals surface area contributed by atoms with Crippen LogP contribution in [0.3, 0.4) is 0 Å². The van der Waals surface area contributed by atoms with Crippen molar-refractivity contribution in [2.24, 2.45) is 0 Å². The van der Waals surface area contributed by atoms with Gasteiger partial charge in [0.1, 0.15) is 23.9 Å². The molecule has 100 valence electrons. The summed E-state index contributed by atoms with van der Waals surface area (Å²) in [4.78, 5) is 10.1. The zero-order chi connectivity index (χ0) is 13.9. The van der Waals surface area contributed by atoms with Crippen LogP contribution in [0.2, 0.25) is 0 Å². The van der Waals surface area contributed by atoms with E-state index in [0.29, 0.717) is 5.69 Å². The molecule has 1 aromatic carbocycles. The van der Waals surface area contributed by atoms with Crippen LogP contribution in [0.4, 0.5) is 11.5 Å². The van der Waals surface area contributed by atoms with Gasteiger partial charge in [-0.15, -0.1) is 0 Å². The average molecular weight is 264 g/mol. The van der Waals surface area contributed by atoms with Crippen LogP contribution < -0.4 is 4.90 Å². The molecule has 0 radical (unpaired) electrons. The first-order valence-corrected chi connectivity index (χ1v) is 6.85. The van der Waals surface area contributed by atoms with Crippen molar-refractivity contribution in [2.75, 3.05) is 11.9 Å². The van der Waals surface area contributed by atoms with Crippen molar-refractivity contribution in [1.29, 1.82) is 5.26 Å². The van der Waals surface area contributed by atoms with Gasteiger partial charge >= 0.3 is 0 Å². The fourth-order valence-corrected chi connectivity index (χ4v) is 2.65. The third-order valence-electron chi connectivity index (χ3n) is 3.83. The maximum atomic E-state index is 8.91. The molecule has 1 heterocycles. The molecule has 1 aliphatic rings. The lowest BCUT2D eigenvalue weighted by atomic mass is 9.91. The van der Waals surface area contributed by atoms with Gasteiger partial charge in [0, 0.05) is 18.8 Å². The van der Waals surface area contributed by atoms with Gasteiger partial charge in [0.2, 0.25) is 0 Å². The van der Waals surface area contributed by atoms with Crippen LogP contribution in [0.5, 0.6) is 0 Å². The molecule has 0 unspecified atom stereocenters. The Morgan fingerprint density at radius 2 is 1.90 bits per heavy atom. The van der Waals surface area contributed by atoms with E-state index in [4.69, 9.17) is 5.26 Å². The highest BCUT2D eigenvalue weighted by Crippen LogP contribution is 2.28. The lowest BCUT2D eigenvalue weighted by Crippen LogP contribution is -2.13. The second kappa shape index (κ2) is 5.30. The van der Waals surface area contributed by atoms with E-state index in [-0.39, 0.29) is 0 Å². The van der Waals surface area contributed by atoms with Crippen molar-refractivity contribution in [3.63, 3.8) is 0 Å². The maximum absolute atomic E-state index is 8.91. The Hall–Kier alpha value is -2.41. The molecule has 0 N–H and O–H groups in total. The summed E-state index contributed by atoms with van der Waals surface area (Å²) in [5.74, 6) is 0.743. The van der Waals surface area contributed by atoms with E-state index in [1.54, 1.807) is 6.07 Å². The SMILES string of the molecule is CN(c1ccc2c(c1)CCCC2)c1cc(C#N)ncn1. The molecular weight excluding hydrogens is 248 g/mol. The van der Waals surface area contributed by atoms with E-state index in [2.05, 4.69) is 28.2 Å². The summed E-state index contributed by atoms with van der Waals surface area (Å²) in [6, 6.07) is 10.3. The highest BCUT2D eigenvalue weighted by molar-refractivity contribution is 5.61. The second-order valence-corrected chi connectivity index (χ2v) is 5.09. The van der Waals surface area contributed by atoms with Crippen molar-refractivity contribution in [1.82, 2.24) is 9.97 Å². The van der Waals surface area contributed by atoms with E-state index in [1.807, 2.05) is 18.0 Å². The predicted octanol–water partition coefficient (Wildman–Crippen LogP) is 2.99. The summed E-state index contributed by atoms with van der Waals surface area (Å²) in [5.41, 5.74) is 4.40. The molecular formula is C16H16N4. The Kier molecular flexibility index (Phi) is 3.34. The molecule has 2 aromatic rings. The molecule has 0 amide bonds. The Morgan fingerprint density at radius 1 is 1.10 bits per heavy atom. The van der Waals surface area contributed by atoms with Gasteiger partial charge < -0.3 is 4.90 Å². The third-order valence-corrected chi connectivity index (χ3v) is 3.83. The largest absolute Gasteiger partial charge is 0.329 e. The van der Waals surface area contributed by atoms with Gasteiger partial charge in [0.05, 0.1) is 0 Å². The molecule has 0 spiro atoms. The smallest absolute Gasteiger partial charge is 0.145 e. The lowest BCUT2D eigenvalue weighted by Gasteiger charge is -2.22. The number of nitriles is 1. The van der Waals surface area contributed by atoms with Crippen molar-refractivity contribution in [3.8, 4) is 6.07 Å². The molecule has 4 heteroatoms. The highest BCUT2D eigenvalue weighted by Gasteiger charge is 2.12. The minimum atomic E-state index is 0.389. The minimum absolute atomic E-state index is 0.389. The number of aryl methyl sites for hydroxylation is 2. The Morgan fingerprint density at radius 3 is 2.70 bits per heavy atom. The molecule has 0 bridgehead atoms. The Balaban J connectivity index is 1.93. The first kappa shape index (κ1) is 12.6. The average Bonchev–Trinajstić information content (AvgIpc) is 2.53. The molecule has 3 rings (SSSR count). The summed E-state index contributed by atoms with van der Waals surface area (Å²) < 4.78 is 0. The molecule has 0 atom stereocenters. The molecule has 0 fully saturated rings. The molecule has 20 heavy (non-hydrogen) atoms.